The molecule has 0 atom stereocenters. The Morgan fingerprint density at radius 1 is 1.30 bits per heavy atom. The van der Waals surface area contributed by atoms with Gasteiger partial charge in [0, 0.05) is 20.1 Å². The van der Waals surface area contributed by atoms with Crippen LogP contribution in [0.1, 0.15) is 38.6 Å². The molecular formula is C14H26N4O2. The van der Waals surface area contributed by atoms with E-state index in [4.69, 9.17) is 4.74 Å². The molecule has 0 saturated carbocycles. The van der Waals surface area contributed by atoms with Crippen LogP contribution in [0, 0.1) is 13.8 Å². The number of aryl methyl sites for hydroxylation is 2. The number of amides is 1. The van der Waals surface area contributed by atoms with Crippen LogP contribution in [0.3, 0.4) is 0 Å². The van der Waals surface area contributed by atoms with Crippen molar-refractivity contribution in [2.24, 2.45) is 7.05 Å². The zero-order chi connectivity index (χ0) is 15.3. The number of anilines is 1. The van der Waals surface area contributed by atoms with Crippen LogP contribution in [-0.2, 0) is 11.8 Å². The number of carbonyl (C=O) groups excluding carboxylic acids is 1. The summed E-state index contributed by atoms with van der Waals surface area (Å²) in [4.78, 5) is 11.4. The number of ether oxygens (including phenoxy) is 1. The van der Waals surface area contributed by atoms with Gasteiger partial charge in [-0.05, 0) is 41.0 Å². The minimum Gasteiger partial charge on any atom is -0.444 e. The summed E-state index contributed by atoms with van der Waals surface area (Å²) in [5.41, 5.74) is 2.73. The van der Waals surface area contributed by atoms with Crippen LogP contribution in [-0.4, -0.2) is 34.6 Å². The van der Waals surface area contributed by atoms with Crippen molar-refractivity contribution in [3.05, 3.63) is 11.4 Å². The maximum Gasteiger partial charge on any atom is 0.407 e. The Labute approximate surface area is 120 Å². The maximum absolute atomic E-state index is 11.4. The first-order chi connectivity index (χ1) is 9.20. The van der Waals surface area contributed by atoms with Gasteiger partial charge in [0.25, 0.3) is 0 Å². The lowest BCUT2D eigenvalue weighted by atomic mass is 10.2. The van der Waals surface area contributed by atoms with Gasteiger partial charge in [-0.1, -0.05) is 0 Å². The number of carbonyl (C=O) groups is 1. The molecule has 0 aliphatic rings. The Balaban J connectivity index is 2.24. The molecule has 20 heavy (non-hydrogen) atoms. The van der Waals surface area contributed by atoms with Crippen molar-refractivity contribution in [3.63, 3.8) is 0 Å². The normalized spacial score (nSPS) is 11.3. The molecule has 6 heteroatoms. The topological polar surface area (TPSA) is 68.2 Å². The summed E-state index contributed by atoms with van der Waals surface area (Å²) >= 11 is 0. The van der Waals surface area contributed by atoms with Crippen LogP contribution >= 0.6 is 0 Å². The van der Waals surface area contributed by atoms with Crippen molar-refractivity contribution >= 4 is 11.8 Å². The quantitative estimate of drug-likeness (QED) is 0.814. The van der Waals surface area contributed by atoms with E-state index < -0.39 is 5.60 Å². The molecule has 0 aromatic carbocycles. The van der Waals surface area contributed by atoms with E-state index in [2.05, 4.69) is 15.7 Å². The monoisotopic (exact) mass is 282 g/mol. The van der Waals surface area contributed by atoms with Crippen molar-refractivity contribution < 1.29 is 9.53 Å². The highest BCUT2D eigenvalue weighted by molar-refractivity contribution is 5.67. The molecule has 0 aliphatic carbocycles. The van der Waals surface area contributed by atoms with Gasteiger partial charge in [0.1, 0.15) is 5.60 Å². The number of alkyl carbamates (subject to hydrolysis) is 1. The standard InChI is InChI=1S/C14H26N4O2/c1-10-12(11(2)18(6)17-10)15-8-7-9-16-13(19)20-14(3,4)5/h15H,7-9H2,1-6H3,(H,16,19). The van der Waals surface area contributed by atoms with E-state index in [1.165, 1.54) is 0 Å². The predicted molar refractivity (Wildman–Crippen MR) is 80.0 cm³/mol. The van der Waals surface area contributed by atoms with E-state index in [0.717, 1.165) is 30.0 Å². The van der Waals surface area contributed by atoms with Gasteiger partial charge in [-0.15, -0.1) is 0 Å². The molecule has 1 amide bonds. The molecule has 114 valence electrons. The van der Waals surface area contributed by atoms with Gasteiger partial charge in [0.15, 0.2) is 0 Å². The second kappa shape index (κ2) is 6.63. The second-order valence-electron chi connectivity index (χ2n) is 5.88. The summed E-state index contributed by atoms with van der Waals surface area (Å²) in [5.74, 6) is 0. The molecule has 0 saturated heterocycles. The van der Waals surface area contributed by atoms with Crippen LogP contribution < -0.4 is 10.6 Å². The van der Waals surface area contributed by atoms with E-state index >= 15 is 0 Å². The highest BCUT2D eigenvalue weighted by Crippen LogP contribution is 2.17. The minimum atomic E-state index is -0.452. The third-order valence-corrected chi connectivity index (χ3v) is 2.83. The van der Waals surface area contributed by atoms with Gasteiger partial charge in [-0.3, -0.25) is 4.68 Å². The average Bonchev–Trinajstić information content (AvgIpc) is 2.52. The third-order valence-electron chi connectivity index (χ3n) is 2.83. The first kappa shape index (κ1) is 16.3. The third kappa shape index (κ3) is 5.11. The molecule has 0 bridgehead atoms. The average molecular weight is 282 g/mol. The van der Waals surface area contributed by atoms with Crippen LogP contribution in [0.25, 0.3) is 0 Å². The Morgan fingerprint density at radius 3 is 2.45 bits per heavy atom. The van der Waals surface area contributed by atoms with Crippen LogP contribution in [0.15, 0.2) is 0 Å². The number of nitrogens with one attached hydrogen (secondary N) is 2. The van der Waals surface area contributed by atoms with Crippen LogP contribution in [0.5, 0.6) is 0 Å². The lowest BCUT2D eigenvalue weighted by Gasteiger charge is -2.19. The fourth-order valence-corrected chi connectivity index (χ4v) is 1.84. The van der Waals surface area contributed by atoms with E-state index in [1.807, 2.05) is 46.3 Å². The zero-order valence-corrected chi connectivity index (χ0v) is 13.3. The molecule has 0 radical (unpaired) electrons. The lowest BCUT2D eigenvalue weighted by molar-refractivity contribution is 0.0528. The number of nitrogens with zero attached hydrogens (tertiary/aromatic N) is 2. The summed E-state index contributed by atoms with van der Waals surface area (Å²) in [6.45, 7) is 10.9. The molecule has 6 nitrogen and oxygen atoms in total. The van der Waals surface area contributed by atoms with Gasteiger partial charge in [-0.2, -0.15) is 5.10 Å². The molecule has 1 rings (SSSR count). The molecular weight excluding hydrogens is 256 g/mol. The first-order valence-electron chi connectivity index (χ1n) is 6.91. The summed E-state index contributed by atoms with van der Waals surface area (Å²) in [5, 5.41) is 10.4. The second-order valence-corrected chi connectivity index (χ2v) is 5.88. The molecule has 0 aliphatic heterocycles. The number of rotatable bonds is 5. The molecule has 1 aromatic rings. The van der Waals surface area contributed by atoms with E-state index in [-0.39, 0.29) is 6.09 Å². The molecule has 1 aromatic heterocycles. The van der Waals surface area contributed by atoms with Gasteiger partial charge >= 0.3 is 6.09 Å². The Kier molecular flexibility index (Phi) is 5.42. The smallest absolute Gasteiger partial charge is 0.407 e. The van der Waals surface area contributed by atoms with Crippen molar-refractivity contribution in [1.82, 2.24) is 15.1 Å². The largest absolute Gasteiger partial charge is 0.444 e. The highest BCUT2D eigenvalue weighted by atomic mass is 16.6. The number of aromatic nitrogens is 2. The van der Waals surface area contributed by atoms with Crippen LogP contribution in [0.4, 0.5) is 10.5 Å². The lowest BCUT2D eigenvalue weighted by Crippen LogP contribution is -2.33. The number of hydrogen-bond acceptors (Lipinski definition) is 4. The van der Waals surface area contributed by atoms with Crippen molar-refractivity contribution in [1.29, 1.82) is 0 Å². The van der Waals surface area contributed by atoms with Gasteiger partial charge in [0.05, 0.1) is 17.1 Å². The molecule has 1 heterocycles. The van der Waals surface area contributed by atoms with Crippen molar-refractivity contribution in [2.75, 3.05) is 18.4 Å². The Bertz CT molecular complexity index is 460. The van der Waals surface area contributed by atoms with Crippen molar-refractivity contribution in [3.8, 4) is 0 Å². The zero-order valence-electron chi connectivity index (χ0n) is 13.3. The molecule has 0 fully saturated rings. The highest BCUT2D eigenvalue weighted by Gasteiger charge is 2.15. The fraction of sp³-hybridized carbons (Fsp3) is 0.714. The SMILES string of the molecule is Cc1nn(C)c(C)c1NCCCNC(=O)OC(C)(C)C. The maximum atomic E-state index is 11.4. The van der Waals surface area contributed by atoms with E-state index in [0.29, 0.717) is 6.54 Å². The Morgan fingerprint density at radius 2 is 1.95 bits per heavy atom. The van der Waals surface area contributed by atoms with E-state index in [1.54, 1.807) is 0 Å². The summed E-state index contributed by atoms with van der Waals surface area (Å²) < 4.78 is 7.02. The van der Waals surface area contributed by atoms with Crippen LogP contribution in [0.2, 0.25) is 0 Å². The summed E-state index contributed by atoms with van der Waals surface area (Å²) in [7, 11) is 1.93. The van der Waals surface area contributed by atoms with Gasteiger partial charge in [0.2, 0.25) is 0 Å². The predicted octanol–water partition coefficient (Wildman–Crippen LogP) is 2.36. The Hall–Kier alpha value is -1.72. The van der Waals surface area contributed by atoms with Gasteiger partial charge < -0.3 is 15.4 Å². The van der Waals surface area contributed by atoms with Gasteiger partial charge in [-0.25, -0.2) is 4.79 Å². The molecule has 0 unspecified atom stereocenters. The van der Waals surface area contributed by atoms with Crippen molar-refractivity contribution in [2.45, 2.75) is 46.6 Å². The summed E-state index contributed by atoms with van der Waals surface area (Å²) in [6, 6.07) is 0. The molecule has 2 N–H and O–H groups in total. The van der Waals surface area contributed by atoms with E-state index in [9.17, 15) is 4.79 Å². The summed E-state index contributed by atoms with van der Waals surface area (Å²) in [6.07, 6.45) is 0.457. The fourth-order valence-electron chi connectivity index (χ4n) is 1.84. The molecule has 0 spiro atoms. The number of hydrogen-bond donors (Lipinski definition) is 2. The first-order valence-corrected chi connectivity index (χ1v) is 6.91. The minimum absolute atomic E-state index is 0.369.